The Hall–Kier alpha value is -2.41. The molecule has 5 rings (SSSR count). The SMILES string of the molecule is C[C@@H]1CNc2c(sc3ccc4nc(-c5cc(Cl)ncc5Cl)ccc4c23)C(=O)N1. The molecular formula is C20H14Cl2N4OS. The number of hydrogen-bond acceptors (Lipinski definition) is 5. The van der Waals surface area contributed by atoms with E-state index in [4.69, 9.17) is 28.2 Å². The third kappa shape index (κ3) is 2.80. The number of aromatic nitrogens is 2. The predicted molar refractivity (Wildman–Crippen MR) is 116 cm³/mol. The van der Waals surface area contributed by atoms with Crippen LogP contribution >= 0.6 is 34.5 Å². The number of pyridine rings is 2. The minimum Gasteiger partial charge on any atom is -0.381 e. The van der Waals surface area contributed by atoms with Crippen molar-refractivity contribution in [3.63, 3.8) is 0 Å². The highest BCUT2D eigenvalue weighted by molar-refractivity contribution is 7.21. The molecule has 0 radical (unpaired) electrons. The summed E-state index contributed by atoms with van der Waals surface area (Å²) in [6.07, 6.45) is 1.52. The third-order valence-corrected chi connectivity index (χ3v) is 6.45. The highest BCUT2D eigenvalue weighted by Gasteiger charge is 2.24. The van der Waals surface area contributed by atoms with Crippen LogP contribution in [0.5, 0.6) is 0 Å². The van der Waals surface area contributed by atoms with Crippen LogP contribution in [0.25, 0.3) is 32.2 Å². The fraction of sp³-hybridized carbons (Fsp3) is 0.150. The fourth-order valence-electron chi connectivity index (χ4n) is 3.49. The lowest BCUT2D eigenvalue weighted by Gasteiger charge is -2.10. The summed E-state index contributed by atoms with van der Waals surface area (Å²) in [4.78, 5) is 22.0. The van der Waals surface area contributed by atoms with Crippen molar-refractivity contribution < 1.29 is 4.79 Å². The lowest BCUT2D eigenvalue weighted by molar-refractivity contribution is 0.0949. The van der Waals surface area contributed by atoms with E-state index in [2.05, 4.69) is 15.6 Å². The molecule has 4 heterocycles. The molecule has 28 heavy (non-hydrogen) atoms. The third-order valence-electron chi connectivity index (χ3n) is 4.79. The van der Waals surface area contributed by atoms with Crippen LogP contribution in [-0.4, -0.2) is 28.5 Å². The summed E-state index contributed by atoms with van der Waals surface area (Å²) in [5, 5.41) is 9.32. The number of carbonyl (C=O) groups excluding carboxylic acids is 1. The molecule has 8 heteroatoms. The summed E-state index contributed by atoms with van der Waals surface area (Å²) in [5.41, 5.74) is 3.17. The van der Waals surface area contributed by atoms with Crippen LogP contribution < -0.4 is 10.6 Å². The van der Waals surface area contributed by atoms with Crippen molar-refractivity contribution >= 4 is 67.1 Å². The van der Waals surface area contributed by atoms with Gasteiger partial charge in [0.2, 0.25) is 0 Å². The van der Waals surface area contributed by atoms with Crippen molar-refractivity contribution in [1.82, 2.24) is 15.3 Å². The second-order valence-corrected chi connectivity index (χ2v) is 8.60. The number of hydrogen-bond donors (Lipinski definition) is 2. The largest absolute Gasteiger partial charge is 0.381 e. The normalized spacial score (nSPS) is 16.5. The van der Waals surface area contributed by atoms with E-state index in [0.717, 1.165) is 37.9 Å². The van der Waals surface area contributed by atoms with Gasteiger partial charge in [-0.2, -0.15) is 0 Å². The van der Waals surface area contributed by atoms with Crippen molar-refractivity contribution in [1.29, 1.82) is 0 Å². The Kier molecular flexibility index (Phi) is 4.16. The van der Waals surface area contributed by atoms with Gasteiger partial charge in [0.05, 0.1) is 21.9 Å². The van der Waals surface area contributed by atoms with Gasteiger partial charge in [0.15, 0.2) is 0 Å². The van der Waals surface area contributed by atoms with Gasteiger partial charge in [-0.3, -0.25) is 4.79 Å². The number of thiophene rings is 1. The smallest absolute Gasteiger partial charge is 0.263 e. The molecule has 1 atom stereocenters. The van der Waals surface area contributed by atoms with E-state index in [-0.39, 0.29) is 11.9 Å². The van der Waals surface area contributed by atoms with Gasteiger partial charge in [0.25, 0.3) is 5.91 Å². The maximum absolute atomic E-state index is 12.5. The first-order chi connectivity index (χ1) is 13.5. The molecule has 1 amide bonds. The highest BCUT2D eigenvalue weighted by atomic mass is 35.5. The zero-order chi connectivity index (χ0) is 19.4. The van der Waals surface area contributed by atoms with E-state index >= 15 is 0 Å². The molecule has 0 saturated carbocycles. The van der Waals surface area contributed by atoms with Gasteiger partial charge in [-0.05, 0) is 37.3 Å². The van der Waals surface area contributed by atoms with E-state index in [1.165, 1.54) is 17.5 Å². The molecular weight excluding hydrogens is 415 g/mol. The summed E-state index contributed by atoms with van der Waals surface area (Å²) in [7, 11) is 0. The molecule has 1 aromatic carbocycles. The minimum atomic E-state index is -0.0374. The first-order valence-corrected chi connectivity index (χ1v) is 10.3. The van der Waals surface area contributed by atoms with E-state index in [9.17, 15) is 4.79 Å². The summed E-state index contributed by atoms with van der Waals surface area (Å²) in [6.45, 7) is 2.66. The highest BCUT2D eigenvalue weighted by Crippen LogP contribution is 2.41. The van der Waals surface area contributed by atoms with Crippen molar-refractivity contribution in [3.8, 4) is 11.3 Å². The Bertz CT molecular complexity index is 1270. The van der Waals surface area contributed by atoms with Gasteiger partial charge in [0.1, 0.15) is 10.0 Å². The molecule has 0 bridgehead atoms. The van der Waals surface area contributed by atoms with Crippen LogP contribution in [0.3, 0.4) is 0 Å². The Morgan fingerprint density at radius 2 is 2.07 bits per heavy atom. The van der Waals surface area contributed by atoms with E-state index in [0.29, 0.717) is 21.6 Å². The Labute approximate surface area is 174 Å². The molecule has 1 aliphatic rings. The second-order valence-electron chi connectivity index (χ2n) is 6.75. The molecule has 140 valence electrons. The average molecular weight is 429 g/mol. The van der Waals surface area contributed by atoms with Crippen LogP contribution in [0.2, 0.25) is 10.2 Å². The summed E-state index contributed by atoms with van der Waals surface area (Å²) in [6, 6.07) is 9.69. The van der Waals surface area contributed by atoms with Crippen molar-refractivity contribution in [2.24, 2.45) is 0 Å². The molecule has 0 saturated heterocycles. The lowest BCUT2D eigenvalue weighted by atomic mass is 10.1. The standard InChI is InChI=1S/C20H14Cl2N4OS/c1-9-7-24-18-17-10-2-3-14(11-6-16(22)23-8-12(11)21)26-13(10)4-5-15(17)28-19(18)20(27)25-9/h2-6,8-9,24H,7H2,1H3,(H,25,27)/t9-/m1/s1. The molecule has 1 aliphatic heterocycles. The Morgan fingerprint density at radius 1 is 1.21 bits per heavy atom. The van der Waals surface area contributed by atoms with Gasteiger partial charge in [0, 0.05) is 39.8 Å². The monoisotopic (exact) mass is 428 g/mol. The number of rotatable bonds is 1. The van der Waals surface area contributed by atoms with Gasteiger partial charge in [-0.1, -0.05) is 23.2 Å². The van der Waals surface area contributed by atoms with Crippen LogP contribution in [0, 0.1) is 0 Å². The minimum absolute atomic E-state index is 0.0374. The van der Waals surface area contributed by atoms with E-state index in [1.807, 2.05) is 31.2 Å². The number of fused-ring (bicyclic) bond motifs is 5. The number of benzene rings is 1. The summed E-state index contributed by atoms with van der Waals surface area (Å²) >= 11 is 13.8. The Morgan fingerprint density at radius 3 is 2.93 bits per heavy atom. The predicted octanol–water partition coefficient (Wildman–Crippen LogP) is 5.36. The summed E-state index contributed by atoms with van der Waals surface area (Å²) < 4.78 is 1.05. The maximum atomic E-state index is 12.5. The number of halogens is 2. The zero-order valence-corrected chi connectivity index (χ0v) is 17.0. The van der Waals surface area contributed by atoms with Crippen molar-refractivity contribution in [2.75, 3.05) is 11.9 Å². The number of nitrogens with one attached hydrogen (secondary N) is 2. The van der Waals surface area contributed by atoms with Gasteiger partial charge in [-0.15, -0.1) is 11.3 Å². The molecule has 5 nitrogen and oxygen atoms in total. The fourth-order valence-corrected chi connectivity index (χ4v) is 4.94. The van der Waals surface area contributed by atoms with E-state index < -0.39 is 0 Å². The molecule has 0 spiro atoms. The second kappa shape index (κ2) is 6.58. The van der Waals surface area contributed by atoms with E-state index in [1.54, 1.807) is 6.07 Å². The molecule has 3 aromatic heterocycles. The number of carbonyl (C=O) groups is 1. The van der Waals surface area contributed by atoms with Crippen LogP contribution in [0.4, 0.5) is 5.69 Å². The maximum Gasteiger partial charge on any atom is 0.263 e. The number of amides is 1. The number of anilines is 1. The molecule has 4 aromatic rings. The molecule has 0 fully saturated rings. The molecule has 0 aliphatic carbocycles. The molecule has 0 unspecified atom stereocenters. The topological polar surface area (TPSA) is 66.9 Å². The first-order valence-electron chi connectivity index (χ1n) is 8.73. The van der Waals surface area contributed by atoms with Gasteiger partial charge >= 0.3 is 0 Å². The summed E-state index contributed by atoms with van der Waals surface area (Å²) in [5.74, 6) is -0.0374. The molecule has 2 N–H and O–H groups in total. The average Bonchev–Trinajstić information content (AvgIpc) is 3.00. The lowest BCUT2D eigenvalue weighted by Crippen LogP contribution is -2.34. The van der Waals surface area contributed by atoms with Gasteiger partial charge < -0.3 is 10.6 Å². The van der Waals surface area contributed by atoms with Crippen molar-refractivity contribution in [3.05, 3.63) is 51.6 Å². The Balaban J connectivity index is 1.73. The zero-order valence-electron chi connectivity index (χ0n) is 14.7. The van der Waals surface area contributed by atoms with Crippen LogP contribution in [-0.2, 0) is 0 Å². The van der Waals surface area contributed by atoms with Crippen molar-refractivity contribution in [2.45, 2.75) is 13.0 Å². The quantitative estimate of drug-likeness (QED) is 0.400. The van der Waals surface area contributed by atoms with Crippen LogP contribution in [0.1, 0.15) is 16.6 Å². The van der Waals surface area contributed by atoms with Crippen LogP contribution in [0.15, 0.2) is 36.5 Å². The first kappa shape index (κ1) is 17.7. The number of nitrogens with zero attached hydrogens (tertiary/aromatic N) is 2. The van der Waals surface area contributed by atoms with Gasteiger partial charge in [-0.25, -0.2) is 9.97 Å².